The SMILES string of the molecule is CC(Sc1nnc(-c2ccccc2)o1)C(=O)Nc1ccccc1C(C)C. The normalized spacial score (nSPS) is 12.2. The summed E-state index contributed by atoms with van der Waals surface area (Å²) in [4.78, 5) is 12.5. The number of rotatable bonds is 6. The second kappa shape index (κ2) is 8.19. The molecule has 3 aromatic rings. The van der Waals surface area contributed by atoms with Gasteiger partial charge < -0.3 is 9.73 Å². The minimum Gasteiger partial charge on any atom is -0.411 e. The third-order valence-corrected chi connectivity index (χ3v) is 4.85. The number of aromatic nitrogens is 2. The van der Waals surface area contributed by atoms with Gasteiger partial charge in [0.15, 0.2) is 0 Å². The molecule has 5 nitrogen and oxygen atoms in total. The van der Waals surface area contributed by atoms with Gasteiger partial charge in [-0.05, 0) is 36.6 Å². The molecule has 26 heavy (non-hydrogen) atoms. The van der Waals surface area contributed by atoms with Gasteiger partial charge in [0, 0.05) is 11.3 Å². The third-order valence-electron chi connectivity index (χ3n) is 3.91. The van der Waals surface area contributed by atoms with E-state index in [1.54, 1.807) is 0 Å². The molecule has 0 spiro atoms. The molecule has 0 aliphatic carbocycles. The Balaban J connectivity index is 1.66. The van der Waals surface area contributed by atoms with Crippen LogP contribution < -0.4 is 5.32 Å². The molecule has 3 rings (SSSR count). The number of hydrogen-bond donors (Lipinski definition) is 1. The summed E-state index contributed by atoms with van der Waals surface area (Å²) in [5.74, 6) is 0.687. The van der Waals surface area contributed by atoms with Crippen molar-refractivity contribution in [1.29, 1.82) is 0 Å². The Labute approximate surface area is 157 Å². The zero-order valence-electron chi connectivity index (χ0n) is 15.0. The molecule has 0 saturated heterocycles. The molecule has 1 unspecified atom stereocenters. The Hall–Kier alpha value is -2.60. The van der Waals surface area contributed by atoms with Crippen molar-refractivity contribution in [1.82, 2.24) is 10.2 Å². The number of para-hydroxylation sites is 1. The maximum atomic E-state index is 12.5. The van der Waals surface area contributed by atoms with Crippen LogP contribution >= 0.6 is 11.8 Å². The highest BCUT2D eigenvalue weighted by molar-refractivity contribution is 8.00. The smallest absolute Gasteiger partial charge is 0.277 e. The van der Waals surface area contributed by atoms with E-state index in [-0.39, 0.29) is 11.2 Å². The summed E-state index contributed by atoms with van der Waals surface area (Å²) >= 11 is 1.25. The zero-order valence-corrected chi connectivity index (χ0v) is 15.8. The summed E-state index contributed by atoms with van der Waals surface area (Å²) in [6.45, 7) is 6.03. The second-order valence-corrected chi connectivity index (χ2v) is 7.52. The monoisotopic (exact) mass is 367 g/mol. The van der Waals surface area contributed by atoms with E-state index in [1.165, 1.54) is 11.8 Å². The molecule has 0 radical (unpaired) electrons. The number of hydrogen-bond acceptors (Lipinski definition) is 5. The van der Waals surface area contributed by atoms with Crippen LogP contribution in [-0.4, -0.2) is 21.4 Å². The molecule has 1 N–H and O–H groups in total. The minimum atomic E-state index is -0.362. The van der Waals surface area contributed by atoms with Crippen molar-refractivity contribution in [2.75, 3.05) is 5.32 Å². The fourth-order valence-electron chi connectivity index (χ4n) is 2.51. The first-order valence-electron chi connectivity index (χ1n) is 8.50. The molecule has 6 heteroatoms. The van der Waals surface area contributed by atoms with Crippen LogP contribution in [0.15, 0.2) is 64.2 Å². The van der Waals surface area contributed by atoms with Crippen molar-refractivity contribution in [3.8, 4) is 11.5 Å². The molecule has 0 aliphatic rings. The van der Waals surface area contributed by atoms with Crippen LogP contribution in [0.25, 0.3) is 11.5 Å². The van der Waals surface area contributed by atoms with Crippen LogP contribution in [0.2, 0.25) is 0 Å². The van der Waals surface area contributed by atoms with Gasteiger partial charge in [-0.15, -0.1) is 10.2 Å². The molecule has 134 valence electrons. The average molecular weight is 367 g/mol. The lowest BCUT2D eigenvalue weighted by atomic mass is 10.0. The molecule has 1 amide bonds. The Morgan fingerprint density at radius 3 is 2.42 bits per heavy atom. The van der Waals surface area contributed by atoms with Crippen molar-refractivity contribution in [2.45, 2.75) is 37.2 Å². The minimum absolute atomic E-state index is 0.0949. The fourth-order valence-corrected chi connectivity index (χ4v) is 3.19. The first-order valence-corrected chi connectivity index (χ1v) is 9.38. The van der Waals surface area contributed by atoms with E-state index in [9.17, 15) is 4.79 Å². The number of benzene rings is 2. The van der Waals surface area contributed by atoms with Gasteiger partial charge in [-0.3, -0.25) is 4.79 Å². The van der Waals surface area contributed by atoms with E-state index < -0.39 is 0 Å². The van der Waals surface area contributed by atoms with Crippen LogP contribution in [0.4, 0.5) is 5.69 Å². The second-order valence-electron chi connectivity index (χ2n) is 6.23. The van der Waals surface area contributed by atoms with Crippen molar-refractivity contribution >= 4 is 23.4 Å². The first-order chi connectivity index (χ1) is 12.5. The first kappa shape index (κ1) is 18.2. The number of amides is 1. The van der Waals surface area contributed by atoms with Crippen LogP contribution in [0.3, 0.4) is 0 Å². The highest BCUT2D eigenvalue weighted by Crippen LogP contribution is 2.28. The Morgan fingerprint density at radius 1 is 1.00 bits per heavy atom. The number of nitrogens with one attached hydrogen (secondary N) is 1. The van der Waals surface area contributed by atoms with Gasteiger partial charge in [0.2, 0.25) is 11.8 Å². The van der Waals surface area contributed by atoms with E-state index in [2.05, 4.69) is 29.4 Å². The molecule has 1 heterocycles. The number of nitrogens with zero attached hydrogens (tertiary/aromatic N) is 2. The maximum Gasteiger partial charge on any atom is 0.277 e. The van der Waals surface area contributed by atoms with Crippen molar-refractivity contribution < 1.29 is 9.21 Å². The topological polar surface area (TPSA) is 68.0 Å². The molecule has 0 saturated carbocycles. The molecule has 0 bridgehead atoms. The fraction of sp³-hybridized carbons (Fsp3) is 0.250. The van der Waals surface area contributed by atoms with E-state index in [4.69, 9.17) is 4.42 Å². The van der Waals surface area contributed by atoms with Crippen LogP contribution in [0.5, 0.6) is 0 Å². The predicted molar refractivity (Wildman–Crippen MR) is 104 cm³/mol. The van der Waals surface area contributed by atoms with Gasteiger partial charge >= 0.3 is 0 Å². The predicted octanol–water partition coefficient (Wildman–Crippen LogP) is 4.98. The highest BCUT2D eigenvalue weighted by Gasteiger charge is 2.20. The molecule has 0 fully saturated rings. The number of carbonyl (C=O) groups is 1. The quantitative estimate of drug-likeness (QED) is 0.622. The van der Waals surface area contributed by atoms with Crippen LogP contribution in [0, 0.1) is 0 Å². The van der Waals surface area contributed by atoms with Gasteiger partial charge in [-0.1, -0.05) is 62.0 Å². The zero-order chi connectivity index (χ0) is 18.5. The summed E-state index contributed by atoms with van der Waals surface area (Å²) in [5.41, 5.74) is 2.81. The lowest BCUT2D eigenvalue weighted by molar-refractivity contribution is -0.115. The van der Waals surface area contributed by atoms with E-state index in [1.807, 2.05) is 61.5 Å². The average Bonchev–Trinajstić information content (AvgIpc) is 3.11. The maximum absolute atomic E-state index is 12.5. The van der Waals surface area contributed by atoms with E-state index in [0.717, 1.165) is 16.8 Å². The number of thioether (sulfide) groups is 1. The van der Waals surface area contributed by atoms with Gasteiger partial charge in [0.25, 0.3) is 5.22 Å². The van der Waals surface area contributed by atoms with Gasteiger partial charge in [-0.2, -0.15) is 0 Å². The molecule has 1 atom stereocenters. The van der Waals surface area contributed by atoms with Gasteiger partial charge in [-0.25, -0.2) is 0 Å². The van der Waals surface area contributed by atoms with Crippen molar-refractivity contribution in [3.63, 3.8) is 0 Å². The van der Waals surface area contributed by atoms with Gasteiger partial charge in [0.1, 0.15) is 0 Å². The molecular weight excluding hydrogens is 346 g/mol. The molecular formula is C20H21N3O2S. The Kier molecular flexibility index (Phi) is 5.73. The highest BCUT2D eigenvalue weighted by atomic mass is 32.2. The van der Waals surface area contributed by atoms with Crippen LogP contribution in [-0.2, 0) is 4.79 Å². The van der Waals surface area contributed by atoms with E-state index >= 15 is 0 Å². The third kappa shape index (κ3) is 4.32. The van der Waals surface area contributed by atoms with Gasteiger partial charge in [0.05, 0.1) is 5.25 Å². The molecule has 0 aliphatic heterocycles. The Morgan fingerprint density at radius 2 is 1.69 bits per heavy atom. The lowest BCUT2D eigenvalue weighted by Crippen LogP contribution is -2.23. The summed E-state index contributed by atoms with van der Waals surface area (Å²) in [6.07, 6.45) is 0. The van der Waals surface area contributed by atoms with Crippen molar-refractivity contribution in [3.05, 3.63) is 60.2 Å². The van der Waals surface area contributed by atoms with Crippen molar-refractivity contribution in [2.24, 2.45) is 0 Å². The van der Waals surface area contributed by atoms with Crippen LogP contribution in [0.1, 0.15) is 32.3 Å². The summed E-state index contributed by atoms with van der Waals surface area (Å²) in [6, 6.07) is 17.4. The number of anilines is 1. The largest absolute Gasteiger partial charge is 0.411 e. The standard InChI is InChI=1S/C20H21N3O2S/c1-13(2)16-11-7-8-12-17(16)21-18(24)14(3)26-20-23-22-19(25-20)15-9-5-4-6-10-15/h4-14H,1-3H3,(H,21,24). The molecule has 2 aromatic carbocycles. The summed E-state index contributed by atoms with van der Waals surface area (Å²) in [7, 11) is 0. The number of carbonyl (C=O) groups excluding carboxylic acids is 1. The molecule has 1 aromatic heterocycles. The lowest BCUT2D eigenvalue weighted by Gasteiger charge is -2.15. The Bertz CT molecular complexity index is 878. The van der Waals surface area contributed by atoms with E-state index in [0.29, 0.717) is 17.0 Å². The summed E-state index contributed by atoms with van der Waals surface area (Å²) < 4.78 is 5.66. The summed E-state index contributed by atoms with van der Waals surface area (Å²) in [5, 5.41) is 11.1.